The number of rotatable bonds is 8. The van der Waals surface area contributed by atoms with Crippen molar-refractivity contribution in [2.75, 3.05) is 13.2 Å². The summed E-state index contributed by atoms with van der Waals surface area (Å²) in [6, 6.07) is 6.79. The fourth-order valence-electron chi connectivity index (χ4n) is 2.17. The van der Waals surface area contributed by atoms with Crippen molar-refractivity contribution in [3.05, 3.63) is 29.8 Å². The molecule has 1 heterocycles. The van der Waals surface area contributed by atoms with Gasteiger partial charge in [0, 0.05) is 18.4 Å². The Labute approximate surface area is 135 Å². The van der Waals surface area contributed by atoms with Crippen LogP contribution in [0.1, 0.15) is 43.5 Å². The van der Waals surface area contributed by atoms with E-state index in [9.17, 15) is 9.59 Å². The van der Waals surface area contributed by atoms with Crippen molar-refractivity contribution >= 4 is 17.4 Å². The third-order valence-corrected chi connectivity index (χ3v) is 3.60. The number of benzene rings is 1. The van der Waals surface area contributed by atoms with Crippen LogP contribution in [0.2, 0.25) is 0 Å². The molecule has 1 aromatic carbocycles. The van der Waals surface area contributed by atoms with Gasteiger partial charge < -0.3 is 14.9 Å². The molecule has 1 amide bonds. The predicted molar refractivity (Wildman–Crippen MR) is 86.8 cm³/mol. The summed E-state index contributed by atoms with van der Waals surface area (Å²) >= 11 is 0. The molecule has 0 aliphatic carbocycles. The van der Waals surface area contributed by atoms with E-state index in [-0.39, 0.29) is 24.4 Å². The number of ether oxygens (including phenoxy) is 1. The molecule has 1 aliphatic rings. The average molecular weight is 318 g/mol. The third-order valence-electron chi connectivity index (χ3n) is 3.60. The van der Waals surface area contributed by atoms with Crippen molar-refractivity contribution in [1.82, 2.24) is 5.32 Å². The van der Waals surface area contributed by atoms with E-state index in [0.29, 0.717) is 24.3 Å². The minimum absolute atomic E-state index is 0.0741. The molecule has 0 fully saturated rings. The monoisotopic (exact) mass is 318 g/mol. The van der Waals surface area contributed by atoms with Crippen LogP contribution in [0.5, 0.6) is 5.75 Å². The van der Waals surface area contributed by atoms with Crippen LogP contribution in [0.3, 0.4) is 0 Å². The Morgan fingerprint density at radius 3 is 2.65 bits per heavy atom. The molecule has 0 saturated carbocycles. The van der Waals surface area contributed by atoms with Gasteiger partial charge in [0.15, 0.2) is 12.4 Å². The van der Waals surface area contributed by atoms with Crippen molar-refractivity contribution in [2.24, 2.45) is 5.16 Å². The quantitative estimate of drug-likeness (QED) is 0.746. The molecule has 0 saturated heterocycles. The number of hydrogen-bond donors (Lipinski definition) is 1. The topological polar surface area (TPSA) is 77.0 Å². The van der Waals surface area contributed by atoms with Crippen molar-refractivity contribution in [3.63, 3.8) is 0 Å². The lowest BCUT2D eigenvalue weighted by atomic mass is 10.1. The molecule has 0 spiro atoms. The number of Topliss-reactive ketones (excluding diaryl/α,β-unsaturated/α-hetero) is 1. The highest BCUT2D eigenvalue weighted by molar-refractivity contribution is 5.95. The van der Waals surface area contributed by atoms with E-state index in [4.69, 9.17) is 9.57 Å². The number of amides is 1. The normalized spacial score (nSPS) is 16.4. The lowest BCUT2D eigenvalue weighted by Crippen LogP contribution is -2.35. The lowest BCUT2D eigenvalue weighted by Gasteiger charge is -2.11. The zero-order chi connectivity index (χ0) is 16.7. The summed E-state index contributed by atoms with van der Waals surface area (Å²) in [5.74, 6) is 0.424. The van der Waals surface area contributed by atoms with E-state index >= 15 is 0 Å². The van der Waals surface area contributed by atoms with Crippen LogP contribution in [0, 0.1) is 0 Å². The maximum Gasteiger partial charge on any atom is 0.258 e. The van der Waals surface area contributed by atoms with Gasteiger partial charge in [-0.1, -0.05) is 19.0 Å². The number of carbonyl (C=O) groups excluding carboxylic acids is 2. The Bertz CT molecular complexity index is 581. The number of nitrogens with one attached hydrogen (secondary N) is 1. The van der Waals surface area contributed by atoms with Crippen LogP contribution < -0.4 is 10.1 Å². The van der Waals surface area contributed by atoms with Crippen LogP contribution in [0.4, 0.5) is 0 Å². The summed E-state index contributed by atoms with van der Waals surface area (Å²) in [5, 5.41) is 6.70. The Morgan fingerprint density at radius 2 is 2.04 bits per heavy atom. The first-order chi connectivity index (χ1) is 11.1. The van der Waals surface area contributed by atoms with Gasteiger partial charge in [-0.3, -0.25) is 9.59 Å². The van der Waals surface area contributed by atoms with E-state index in [1.807, 2.05) is 13.8 Å². The molecule has 1 N–H and O–H groups in total. The number of oxime groups is 1. The van der Waals surface area contributed by atoms with Crippen molar-refractivity contribution in [3.8, 4) is 5.75 Å². The molecule has 0 aromatic heterocycles. The molecule has 6 heteroatoms. The first-order valence-corrected chi connectivity index (χ1v) is 7.86. The summed E-state index contributed by atoms with van der Waals surface area (Å²) in [6.45, 7) is 4.18. The van der Waals surface area contributed by atoms with Crippen molar-refractivity contribution < 1.29 is 19.2 Å². The van der Waals surface area contributed by atoms with Crippen molar-refractivity contribution in [1.29, 1.82) is 0 Å². The number of hydrogen-bond acceptors (Lipinski definition) is 5. The maximum atomic E-state index is 11.8. The minimum atomic E-state index is -0.216. The molecule has 6 nitrogen and oxygen atoms in total. The highest BCUT2D eigenvalue weighted by Crippen LogP contribution is 2.14. The van der Waals surface area contributed by atoms with Gasteiger partial charge in [-0.15, -0.1) is 0 Å². The molecule has 2 rings (SSSR count). The second-order valence-electron chi connectivity index (χ2n) is 5.34. The van der Waals surface area contributed by atoms with Gasteiger partial charge in [-0.05, 0) is 30.7 Å². The van der Waals surface area contributed by atoms with Crippen molar-refractivity contribution in [2.45, 2.75) is 39.2 Å². The molecular weight excluding hydrogens is 296 g/mol. The van der Waals surface area contributed by atoms with E-state index in [2.05, 4.69) is 10.5 Å². The molecule has 0 unspecified atom stereocenters. The molecule has 23 heavy (non-hydrogen) atoms. The smallest absolute Gasteiger partial charge is 0.258 e. The van der Waals surface area contributed by atoms with Gasteiger partial charge in [0.1, 0.15) is 11.9 Å². The summed E-state index contributed by atoms with van der Waals surface area (Å²) < 4.78 is 5.40. The molecule has 0 radical (unpaired) electrons. The zero-order valence-corrected chi connectivity index (χ0v) is 13.5. The Balaban J connectivity index is 1.69. The van der Waals surface area contributed by atoms with Gasteiger partial charge in [0.25, 0.3) is 5.91 Å². The summed E-state index contributed by atoms with van der Waals surface area (Å²) in [6.07, 6.45) is 2.00. The van der Waals surface area contributed by atoms with Crippen LogP contribution in [-0.2, 0) is 9.63 Å². The van der Waals surface area contributed by atoms with Gasteiger partial charge >= 0.3 is 0 Å². The van der Waals surface area contributed by atoms with Gasteiger partial charge in [-0.25, -0.2) is 0 Å². The van der Waals surface area contributed by atoms with E-state index < -0.39 is 0 Å². The standard InChI is InChI=1S/C17H22N2O4/c1-3-13-9-15(23-19-13)10-18-17(21)11-22-14-7-5-12(6-8-14)16(20)4-2/h5-8,15H,3-4,9-11H2,1-2H3,(H,18,21)/t15-/m0/s1. The van der Waals surface area contributed by atoms with Gasteiger partial charge in [0.05, 0.1) is 12.3 Å². The molecule has 1 aliphatic heterocycles. The molecule has 0 bridgehead atoms. The van der Waals surface area contributed by atoms with E-state index in [1.165, 1.54) is 0 Å². The molecule has 1 atom stereocenters. The van der Waals surface area contributed by atoms with E-state index in [1.54, 1.807) is 24.3 Å². The Morgan fingerprint density at radius 1 is 1.30 bits per heavy atom. The summed E-state index contributed by atoms with van der Waals surface area (Å²) in [5.41, 5.74) is 1.66. The second kappa shape index (κ2) is 8.31. The van der Waals surface area contributed by atoms with E-state index in [0.717, 1.165) is 18.6 Å². The number of carbonyl (C=O) groups is 2. The van der Waals surface area contributed by atoms with Crippen LogP contribution in [0.15, 0.2) is 29.4 Å². The lowest BCUT2D eigenvalue weighted by molar-refractivity contribution is -0.123. The largest absolute Gasteiger partial charge is 0.484 e. The van der Waals surface area contributed by atoms with Crippen LogP contribution in [0.25, 0.3) is 0 Å². The summed E-state index contributed by atoms with van der Waals surface area (Å²) in [4.78, 5) is 28.5. The number of nitrogens with zero attached hydrogens (tertiary/aromatic N) is 1. The first kappa shape index (κ1) is 17.0. The van der Waals surface area contributed by atoms with Crippen LogP contribution in [-0.4, -0.2) is 36.7 Å². The fourth-order valence-corrected chi connectivity index (χ4v) is 2.17. The minimum Gasteiger partial charge on any atom is -0.484 e. The average Bonchev–Trinajstić information content (AvgIpc) is 3.06. The highest BCUT2D eigenvalue weighted by Gasteiger charge is 2.20. The Kier molecular flexibility index (Phi) is 6.14. The maximum absolute atomic E-state index is 11.8. The van der Waals surface area contributed by atoms with Crippen LogP contribution >= 0.6 is 0 Å². The molecular formula is C17H22N2O4. The first-order valence-electron chi connectivity index (χ1n) is 7.86. The zero-order valence-electron chi connectivity index (χ0n) is 13.5. The predicted octanol–water partition coefficient (Wildman–Crippen LogP) is 2.33. The fraction of sp³-hybridized carbons (Fsp3) is 0.471. The van der Waals surface area contributed by atoms with Gasteiger partial charge in [0.2, 0.25) is 0 Å². The molecule has 1 aromatic rings. The third kappa shape index (κ3) is 5.09. The summed E-state index contributed by atoms with van der Waals surface area (Å²) in [7, 11) is 0. The molecule has 124 valence electrons. The highest BCUT2D eigenvalue weighted by atomic mass is 16.6. The second-order valence-corrected chi connectivity index (χ2v) is 5.34. The Hall–Kier alpha value is -2.37. The SMILES string of the molecule is CCC(=O)c1ccc(OCC(=O)NC[C@@H]2CC(CC)=NO2)cc1. The van der Waals surface area contributed by atoms with Gasteiger partial charge in [-0.2, -0.15) is 0 Å². The number of ketones is 1.